The summed E-state index contributed by atoms with van der Waals surface area (Å²) in [6, 6.07) is 23.8. The second kappa shape index (κ2) is 14.2. The summed E-state index contributed by atoms with van der Waals surface area (Å²) in [4.78, 5) is 12.2. The van der Waals surface area contributed by atoms with Crippen molar-refractivity contribution in [1.29, 1.82) is 0 Å². The van der Waals surface area contributed by atoms with Crippen LogP contribution < -0.4 is 15.8 Å². The fourth-order valence-corrected chi connectivity index (χ4v) is 4.20. The third-order valence-electron chi connectivity index (χ3n) is 5.98. The van der Waals surface area contributed by atoms with Crippen LogP contribution >= 0.6 is 0 Å². The van der Waals surface area contributed by atoms with E-state index < -0.39 is 6.09 Å². The van der Waals surface area contributed by atoms with Gasteiger partial charge >= 0.3 is 6.09 Å². The third kappa shape index (κ3) is 7.95. The molecule has 0 aromatic heterocycles. The van der Waals surface area contributed by atoms with Crippen LogP contribution in [0.1, 0.15) is 17.0 Å². The normalized spacial score (nSPS) is 12.1. The number of rotatable bonds is 15. The Hall–Kier alpha value is -3.59. The molecule has 0 aliphatic heterocycles. The standard InChI is InChI=1S/C29H34N2O6/c30-22-9-11-23(12-10-22)36-20-19-35-18-17-34-16-15-33-14-13-31-29(32)37-21-28-26-7-3-1-5-24(26)25-6-2-4-8-27(25)28/h1-12,28H,13-21,30H2,(H,31,32). The van der Waals surface area contributed by atoms with E-state index in [4.69, 9.17) is 29.4 Å². The van der Waals surface area contributed by atoms with Crippen molar-refractivity contribution < 1.29 is 28.5 Å². The molecule has 4 rings (SSSR count). The number of hydrogen-bond donors (Lipinski definition) is 2. The Morgan fingerprint density at radius 2 is 1.24 bits per heavy atom. The van der Waals surface area contributed by atoms with Crippen LogP contribution in [-0.2, 0) is 18.9 Å². The molecule has 0 saturated heterocycles. The largest absolute Gasteiger partial charge is 0.491 e. The summed E-state index contributed by atoms with van der Waals surface area (Å²) < 4.78 is 27.5. The predicted octanol–water partition coefficient (Wildman–Crippen LogP) is 4.24. The number of carbonyl (C=O) groups excluding carboxylic acids is 1. The highest BCUT2D eigenvalue weighted by atomic mass is 16.6. The monoisotopic (exact) mass is 506 g/mol. The SMILES string of the molecule is Nc1ccc(OCCOCCOCCOCCNC(=O)OCC2c3ccccc3-c3ccccc32)cc1. The molecule has 1 aliphatic carbocycles. The Kier molecular flexibility index (Phi) is 10.2. The summed E-state index contributed by atoms with van der Waals surface area (Å²) in [5.41, 5.74) is 11.1. The van der Waals surface area contributed by atoms with Crippen molar-refractivity contribution in [1.82, 2.24) is 5.32 Å². The van der Waals surface area contributed by atoms with Crippen LogP contribution in [0.4, 0.5) is 10.5 Å². The Balaban J connectivity index is 0.981. The maximum Gasteiger partial charge on any atom is 0.407 e. The van der Waals surface area contributed by atoms with E-state index in [2.05, 4.69) is 29.6 Å². The van der Waals surface area contributed by atoms with Crippen molar-refractivity contribution in [3.8, 4) is 16.9 Å². The quantitative estimate of drug-likeness (QED) is 0.235. The van der Waals surface area contributed by atoms with Gasteiger partial charge in [-0.05, 0) is 46.5 Å². The minimum Gasteiger partial charge on any atom is -0.491 e. The minimum absolute atomic E-state index is 0.0479. The first-order chi connectivity index (χ1) is 18.2. The van der Waals surface area contributed by atoms with Crippen LogP contribution in [0, 0.1) is 0 Å². The molecule has 0 bridgehead atoms. The summed E-state index contributed by atoms with van der Waals surface area (Å²) in [5, 5.41) is 2.73. The molecule has 3 aromatic carbocycles. The summed E-state index contributed by atoms with van der Waals surface area (Å²) in [7, 11) is 0. The molecule has 8 heteroatoms. The van der Waals surface area contributed by atoms with Gasteiger partial charge in [0.05, 0.1) is 39.6 Å². The molecule has 3 N–H and O–H groups in total. The van der Waals surface area contributed by atoms with Gasteiger partial charge < -0.3 is 34.7 Å². The molecule has 0 fully saturated rings. The minimum atomic E-state index is -0.445. The highest BCUT2D eigenvalue weighted by molar-refractivity contribution is 5.79. The first kappa shape index (κ1) is 26.5. The van der Waals surface area contributed by atoms with Gasteiger partial charge in [0.1, 0.15) is 19.0 Å². The molecule has 0 radical (unpaired) electrons. The molecule has 196 valence electrons. The maximum atomic E-state index is 12.2. The van der Waals surface area contributed by atoms with Crippen LogP contribution in [0.25, 0.3) is 11.1 Å². The second-order valence-corrected chi connectivity index (χ2v) is 8.51. The van der Waals surface area contributed by atoms with E-state index in [9.17, 15) is 4.79 Å². The van der Waals surface area contributed by atoms with Crippen molar-refractivity contribution in [2.45, 2.75) is 5.92 Å². The third-order valence-corrected chi connectivity index (χ3v) is 5.98. The van der Waals surface area contributed by atoms with Crippen LogP contribution in [0.5, 0.6) is 5.75 Å². The lowest BCUT2D eigenvalue weighted by atomic mass is 9.98. The van der Waals surface area contributed by atoms with Crippen molar-refractivity contribution >= 4 is 11.8 Å². The molecule has 8 nitrogen and oxygen atoms in total. The topological polar surface area (TPSA) is 101 Å². The Labute approximate surface area is 217 Å². The number of ether oxygens (including phenoxy) is 5. The molecular weight excluding hydrogens is 472 g/mol. The van der Waals surface area contributed by atoms with Gasteiger partial charge in [0, 0.05) is 18.2 Å². The molecule has 0 unspecified atom stereocenters. The van der Waals surface area contributed by atoms with E-state index >= 15 is 0 Å². The van der Waals surface area contributed by atoms with Gasteiger partial charge in [-0.2, -0.15) is 0 Å². The number of nitrogen functional groups attached to an aromatic ring is 1. The summed E-state index contributed by atoms with van der Waals surface area (Å²) >= 11 is 0. The smallest absolute Gasteiger partial charge is 0.407 e. The first-order valence-corrected chi connectivity index (χ1v) is 12.5. The Bertz CT molecular complexity index is 1080. The average Bonchev–Trinajstić information content (AvgIpc) is 3.25. The molecule has 1 amide bonds. The van der Waals surface area contributed by atoms with E-state index in [1.54, 1.807) is 12.1 Å². The van der Waals surface area contributed by atoms with Crippen LogP contribution in [-0.4, -0.2) is 65.5 Å². The molecule has 3 aromatic rings. The lowest BCUT2D eigenvalue weighted by Crippen LogP contribution is -2.29. The number of nitrogens with two attached hydrogens (primary N) is 1. The lowest BCUT2D eigenvalue weighted by molar-refractivity contribution is 0.00979. The van der Waals surface area contributed by atoms with Gasteiger partial charge in [-0.1, -0.05) is 48.5 Å². The Morgan fingerprint density at radius 1 is 0.703 bits per heavy atom. The average molecular weight is 507 g/mol. The van der Waals surface area contributed by atoms with Crippen LogP contribution in [0.3, 0.4) is 0 Å². The molecule has 0 atom stereocenters. The lowest BCUT2D eigenvalue weighted by Gasteiger charge is -2.14. The number of fused-ring (bicyclic) bond motifs is 3. The van der Waals surface area contributed by atoms with Crippen molar-refractivity contribution in [3.63, 3.8) is 0 Å². The number of anilines is 1. The van der Waals surface area contributed by atoms with E-state index in [0.29, 0.717) is 65.1 Å². The van der Waals surface area contributed by atoms with Gasteiger partial charge in [-0.25, -0.2) is 4.79 Å². The zero-order valence-electron chi connectivity index (χ0n) is 20.9. The molecular formula is C29H34N2O6. The van der Waals surface area contributed by atoms with E-state index in [-0.39, 0.29) is 5.92 Å². The number of amides is 1. The van der Waals surface area contributed by atoms with E-state index in [1.807, 2.05) is 36.4 Å². The molecule has 0 saturated carbocycles. The number of hydrogen-bond acceptors (Lipinski definition) is 7. The Morgan fingerprint density at radius 3 is 1.86 bits per heavy atom. The van der Waals surface area contributed by atoms with Crippen LogP contribution in [0.2, 0.25) is 0 Å². The van der Waals surface area contributed by atoms with Crippen LogP contribution in [0.15, 0.2) is 72.8 Å². The molecule has 0 heterocycles. The first-order valence-electron chi connectivity index (χ1n) is 12.5. The van der Waals surface area contributed by atoms with Crippen molar-refractivity contribution in [2.24, 2.45) is 0 Å². The number of nitrogens with one attached hydrogen (secondary N) is 1. The summed E-state index contributed by atoms with van der Waals surface area (Å²) in [5.74, 6) is 0.811. The fraction of sp³-hybridized carbons (Fsp3) is 0.345. The second-order valence-electron chi connectivity index (χ2n) is 8.51. The van der Waals surface area contributed by atoms with Gasteiger partial charge in [0.25, 0.3) is 0 Å². The molecule has 1 aliphatic rings. The van der Waals surface area contributed by atoms with Gasteiger partial charge in [-0.15, -0.1) is 0 Å². The number of carbonyl (C=O) groups is 1. The fourth-order valence-electron chi connectivity index (χ4n) is 4.20. The molecule has 0 spiro atoms. The summed E-state index contributed by atoms with van der Waals surface area (Å²) in [6.07, 6.45) is -0.445. The zero-order chi connectivity index (χ0) is 25.7. The summed E-state index contributed by atoms with van der Waals surface area (Å²) in [6.45, 7) is 3.83. The number of benzene rings is 3. The highest BCUT2D eigenvalue weighted by Gasteiger charge is 2.28. The van der Waals surface area contributed by atoms with Crippen molar-refractivity contribution in [3.05, 3.63) is 83.9 Å². The predicted molar refractivity (Wildman–Crippen MR) is 142 cm³/mol. The van der Waals surface area contributed by atoms with Gasteiger partial charge in [-0.3, -0.25) is 0 Å². The highest BCUT2D eigenvalue weighted by Crippen LogP contribution is 2.44. The van der Waals surface area contributed by atoms with E-state index in [0.717, 1.165) is 5.75 Å². The maximum absolute atomic E-state index is 12.2. The van der Waals surface area contributed by atoms with E-state index in [1.165, 1.54) is 22.3 Å². The van der Waals surface area contributed by atoms with Crippen molar-refractivity contribution in [2.75, 3.05) is 65.1 Å². The van der Waals surface area contributed by atoms with Gasteiger partial charge in [0.15, 0.2) is 0 Å². The molecule has 37 heavy (non-hydrogen) atoms. The van der Waals surface area contributed by atoms with Gasteiger partial charge in [0.2, 0.25) is 0 Å². The number of alkyl carbamates (subject to hydrolysis) is 1. The zero-order valence-corrected chi connectivity index (χ0v) is 20.9.